The summed E-state index contributed by atoms with van der Waals surface area (Å²) in [7, 11) is 1.51. The maximum atomic E-state index is 9.34. The Kier molecular flexibility index (Phi) is 3.49. The van der Waals surface area contributed by atoms with Crippen molar-refractivity contribution in [1.29, 1.82) is 0 Å². The third kappa shape index (κ3) is 2.05. The molecule has 1 atom stereocenters. The minimum absolute atomic E-state index is 0.237. The molecule has 0 aliphatic rings. The van der Waals surface area contributed by atoms with E-state index in [2.05, 4.69) is 11.6 Å². The summed E-state index contributed by atoms with van der Waals surface area (Å²) >= 11 is 5.86. The van der Waals surface area contributed by atoms with E-state index in [1.807, 2.05) is 0 Å². The Morgan fingerprint density at radius 1 is 1.71 bits per heavy atom. The van der Waals surface area contributed by atoms with Gasteiger partial charge < -0.3 is 9.84 Å². The van der Waals surface area contributed by atoms with E-state index >= 15 is 0 Å². The Morgan fingerprint density at radius 3 is 2.79 bits per heavy atom. The van der Waals surface area contributed by atoms with Crippen LogP contribution < -0.4 is 4.74 Å². The quantitative estimate of drug-likeness (QED) is 0.785. The fourth-order valence-electron chi connectivity index (χ4n) is 1.11. The molecule has 1 unspecified atom stereocenters. The Balaban J connectivity index is 3.31. The number of methoxy groups -OCH3 is 1. The van der Waals surface area contributed by atoms with Crippen molar-refractivity contribution in [2.45, 2.75) is 13.0 Å². The average molecular weight is 214 g/mol. The maximum absolute atomic E-state index is 9.34. The molecular weight excluding hydrogens is 202 g/mol. The van der Waals surface area contributed by atoms with E-state index in [9.17, 15) is 5.11 Å². The molecule has 0 fully saturated rings. The van der Waals surface area contributed by atoms with Gasteiger partial charge in [-0.15, -0.1) is 0 Å². The average Bonchev–Trinajstić information content (AvgIpc) is 2.16. The number of aliphatic hydroxyl groups is 1. The lowest BCUT2D eigenvalue weighted by Crippen LogP contribution is -1.99. The van der Waals surface area contributed by atoms with Gasteiger partial charge in [-0.3, -0.25) is 0 Å². The van der Waals surface area contributed by atoms with E-state index in [4.69, 9.17) is 16.3 Å². The third-order valence-electron chi connectivity index (χ3n) is 1.83. The SMILES string of the molecule is C=Cc1cc(C(C)O)nc(Cl)c1OC. The molecule has 0 amide bonds. The van der Waals surface area contributed by atoms with E-state index in [0.29, 0.717) is 11.4 Å². The molecule has 0 saturated carbocycles. The molecule has 1 aromatic heterocycles. The minimum Gasteiger partial charge on any atom is -0.493 e. The zero-order chi connectivity index (χ0) is 10.7. The molecule has 0 aliphatic heterocycles. The monoisotopic (exact) mass is 213 g/mol. The normalized spacial score (nSPS) is 12.3. The van der Waals surface area contributed by atoms with Crippen molar-refractivity contribution in [3.8, 4) is 5.75 Å². The van der Waals surface area contributed by atoms with Gasteiger partial charge in [-0.25, -0.2) is 4.98 Å². The standard InChI is InChI=1S/C10H12ClNO2/c1-4-7-5-8(6(2)13)12-10(11)9(7)14-3/h4-6,13H,1H2,2-3H3. The van der Waals surface area contributed by atoms with Crippen LogP contribution in [0.15, 0.2) is 12.6 Å². The van der Waals surface area contributed by atoms with Gasteiger partial charge in [0, 0.05) is 5.56 Å². The van der Waals surface area contributed by atoms with E-state index in [1.165, 1.54) is 7.11 Å². The van der Waals surface area contributed by atoms with Crippen LogP contribution in [0.1, 0.15) is 24.3 Å². The largest absolute Gasteiger partial charge is 0.493 e. The second kappa shape index (κ2) is 4.44. The highest BCUT2D eigenvalue weighted by atomic mass is 35.5. The zero-order valence-electron chi connectivity index (χ0n) is 8.12. The van der Waals surface area contributed by atoms with E-state index < -0.39 is 6.10 Å². The number of pyridine rings is 1. The lowest BCUT2D eigenvalue weighted by atomic mass is 10.1. The molecule has 14 heavy (non-hydrogen) atoms. The molecule has 1 aromatic rings. The summed E-state index contributed by atoms with van der Waals surface area (Å²) in [6, 6.07) is 1.70. The van der Waals surface area contributed by atoms with Crippen molar-refractivity contribution >= 4 is 17.7 Å². The van der Waals surface area contributed by atoms with E-state index in [1.54, 1.807) is 19.1 Å². The van der Waals surface area contributed by atoms with Crippen LogP contribution in [0.3, 0.4) is 0 Å². The summed E-state index contributed by atoms with van der Waals surface area (Å²) < 4.78 is 5.05. The second-order valence-electron chi connectivity index (χ2n) is 2.84. The molecule has 0 aromatic carbocycles. The van der Waals surface area contributed by atoms with E-state index in [-0.39, 0.29) is 5.15 Å². The second-order valence-corrected chi connectivity index (χ2v) is 3.20. The number of rotatable bonds is 3. The predicted molar refractivity (Wildman–Crippen MR) is 56.5 cm³/mol. The van der Waals surface area contributed by atoms with Crippen molar-refractivity contribution in [2.24, 2.45) is 0 Å². The molecule has 4 heteroatoms. The number of ether oxygens (including phenoxy) is 1. The van der Waals surface area contributed by atoms with Gasteiger partial charge in [-0.05, 0) is 13.0 Å². The fourth-order valence-corrected chi connectivity index (χ4v) is 1.39. The van der Waals surface area contributed by atoms with Crippen molar-refractivity contribution < 1.29 is 9.84 Å². The molecule has 0 radical (unpaired) electrons. The summed E-state index contributed by atoms with van der Waals surface area (Å²) in [6.07, 6.45) is 0.954. The summed E-state index contributed by atoms with van der Waals surface area (Å²) in [5, 5.41) is 9.57. The number of aromatic nitrogens is 1. The van der Waals surface area contributed by atoms with Gasteiger partial charge in [0.25, 0.3) is 0 Å². The molecule has 0 aliphatic carbocycles. The number of hydrogen-bond acceptors (Lipinski definition) is 3. The highest BCUT2D eigenvalue weighted by Crippen LogP contribution is 2.29. The molecule has 1 rings (SSSR count). The lowest BCUT2D eigenvalue weighted by molar-refractivity contribution is 0.194. The minimum atomic E-state index is -0.655. The van der Waals surface area contributed by atoms with Gasteiger partial charge in [-0.1, -0.05) is 24.3 Å². The molecular formula is C10H12ClNO2. The van der Waals surface area contributed by atoms with Crippen LogP contribution in [0.5, 0.6) is 5.75 Å². The summed E-state index contributed by atoms with van der Waals surface area (Å²) in [5.41, 5.74) is 1.23. The van der Waals surface area contributed by atoms with Gasteiger partial charge >= 0.3 is 0 Å². The molecule has 1 heterocycles. The van der Waals surface area contributed by atoms with Gasteiger partial charge in [0.05, 0.1) is 18.9 Å². The lowest BCUT2D eigenvalue weighted by Gasteiger charge is -2.10. The molecule has 1 N–H and O–H groups in total. The summed E-state index contributed by atoms with van der Waals surface area (Å²) in [4.78, 5) is 3.99. The first-order valence-corrected chi connectivity index (χ1v) is 4.53. The van der Waals surface area contributed by atoms with Crippen molar-refractivity contribution in [2.75, 3.05) is 7.11 Å². The van der Waals surface area contributed by atoms with Crippen molar-refractivity contribution in [3.63, 3.8) is 0 Å². The Hall–Kier alpha value is -1.06. The zero-order valence-corrected chi connectivity index (χ0v) is 8.88. The van der Waals surface area contributed by atoms with Crippen molar-refractivity contribution in [3.05, 3.63) is 29.1 Å². The highest BCUT2D eigenvalue weighted by molar-refractivity contribution is 6.31. The van der Waals surface area contributed by atoms with Gasteiger partial charge in [0.2, 0.25) is 0 Å². The first kappa shape index (κ1) is 11.0. The van der Waals surface area contributed by atoms with Crippen LogP contribution in [0.25, 0.3) is 6.08 Å². The molecule has 76 valence electrons. The van der Waals surface area contributed by atoms with Crippen LogP contribution in [0, 0.1) is 0 Å². The number of aliphatic hydroxyl groups excluding tert-OH is 1. The smallest absolute Gasteiger partial charge is 0.172 e. The topological polar surface area (TPSA) is 42.4 Å². The van der Waals surface area contributed by atoms with Crippen LogP contribution in [-0.2, 0) is 0 Å². The Morgan fingerprint density at radius 2 is 2.36 bits per heavy atom. The molecule has 0 spiro atoms. The number of nitrogens with zero attached hydrogens (tertiary/aromatic N) is 1. The van der Waals surface area contributed by atoms with Gasteiger partial charge in [0.15, 0.2) is 10.9 Å². The van der Waals surface area contributed by atoms with E-state index in [0.717, 1.165) is 5.56 Å². The van der Waals surface area contributed by atoms with Crippen LogP contribution in [0.4, 0.5) is 0 Å². The molecule has 3 nitrogen and oxygen atoms in total. The predicted octanol–water partition coefficient (Wildman–Crippen LogP) is 2.44. The van der Waals surface area contributed by atoms with Crippen LogP contribution >= 0.6 is 11.6 Å². The first-order valence-electron chi connectivity index (χ1n) is 4.15. The number of halogens is 1. The summed E-state index contributed by atoms with van der Waals surface area (Å²) in [6.45, 7) is 5.26. The van der Waals surface area contributed by atoms with Crippen LogP contribution in [0.2, 0.25) is 5.15 Å². The van der Waals surface area contributed by atoms with Crippen molar-refractivity contribution in [1.82, 2.24) is 4.98 Å². The first-order chi connectivity index (χ1) is 6.60. The Bertz CT molecular complexity index is 350. The Labute approximate surface area is 88.0 Å². The maximum Gasteiger partial charge on any atom is 0.172 e. The van der Waals surface area contributed by atoms with Gasteiger partial charge in [0.1, 0.15) is 0 Å². The van der Waals surface area contributed by atoms with Gasteiger partial charge in [-0.2, -0.15) is 0 Å². The van der Waals surface area contributed by atoms with Crippen LogP contribution in [-0.4, -0.2) is 17.2 Å². The highest BCUT2D eigenvalue weighted by Gasteiger charge is 2.12. The third-order valence-corrected chi connectivity index (χ3v) is 2.09. The fraction of sp³-hybridized carbons (Fsp3) is 0.300. The molecule has 0 saturated heterocycles. The summed E-state index contributed by atoms with van der Waals surface area (Å²) in [5.74, 6) is 0.478. The molecule has 0 bridgehead atoms. The number of hydrogen-bond donors (Lipinski definition) is 1.